The molecule has 30 heavy (non-hydrogen) atoms. The first-order chi connectivity index (χ1) is 14.1. The Morgan fingerprint density at radius 3 is 3.00 bits per heavy atom. The van der Waals surface area contributed by atoms with Crippen molar-refractivity contribution in [1.29, 1.82) is 0 Å². The first-order valence-corrected chi connectivity index (χ1v) is 10.2. The molecule has 3 aromatic rings. The van der Waals surface area contributed by atoms with Gasteiger partial charge in [-0.3, -0.25) is 9.39 Å². The van der Waals surface area contributed by atoms with Crippen LogP contribution in [0.5, 0.6) is 5.75 Å². The Morgan fingerprint density at radius 2 is 2.23 bits per heavy atom. The summed E-state index contributed by atoms with van der Waals surface area (Å²) in [4.78, 5) is 11.8. The zero-order valence-corrected chi connectivity index (χ0v) is 19.4. The number of halogens is 3. The Kier molecular flexibility index (Phi) is 7.69. The summed E-state index contributed by atoms with van der Waals surface area (Å²) in [6.07, 6.45) is 4.83. The van der Waals surface area contributed by atoms with Crippen LogP contribution in [-0.4, -0.2) is 48.1 Å². The SMILES string of the molecule is CN=C(NCc1cn2ccsc2n1)NC1CCN(c2ccccc2OC(F)F)C1.I. The number of imidazole rings is 1. The quantitative estimate of drug-likeness (QED) is 0.280. The minimum atomic E-state index is -2.84. The lowest BCUT2D eigenvalue weighted by Gasteiger charge is -2.22. The van der Waals surface area contributed by atoms with Crippen molar-refractivity contribution in [2.24, 2.45) is 4.99 Å². The number of rotatable bonds is 6. The molecule has 2 N–H and O–H groups in total. The molecule has 162 valence electrons. The number of para-hydroxylation sites is 2. The van der Waals surface area contributed by atoms with Crippen LogP contribution in [0.15, 0.2) is 47.0 Å². The molecule has 1 unspecified atom stereocenters. The molecular formula is C19H23F2IN6OS. The summed E-state index contributed by atoms with van der Waals surface area (Å²) in [6.45, 7) is -0.857. The number of guanidine groups is 1. The molecule has 1 aliphatic heterocycles. The van der Waals surface area contributed by atoms with E-state index in [0.717, 1.165) is 23.6 Å². The number of nitrogens with one attached hydrogen (secondary N) is 2. The second kappa shape index (κ2) is 10.2. The Bertz CT molecular complexity index is 966. The van der Waals surface area contributed by atoms with Gasteiger partial charge < -0.3 is 20.3 Å². The molecule has 0 aliphatic carbocycles. The minimum absolute atomic E-state index is 0. The van der Waals surface area contributed by atoms with Crippen LogP contribution in [0, 0.1) is 0 Å². The van der Waals surface area contributed by atoms with E-state index in [9.17, 15) is 8.78 Å². The van der Waals surface area contributed by atoms with Gasteiger partial charge in [0.2, 0.25) is 0 Å². The smallest absolute Gasteiger partial charge is 0.387 e. The van der Waals surface area contributed by atoms with Crippen molar-refractivity contribution in [3.63, 3.8) is 0 Å². The zero-order chi connectivity index (χ0) is 20.2. The normalized spacial score (nSPS) is 16.7. The largest absolute Gasteiger partial charge is 0.433 e. The molecule has 1 fully saturated rings. The molecule has 4 rings (SSSR count). The van der Waals surface area contributed by atoms with Crippen molar-refractivity contribution < 1.29 is 13.5 Å². The Labute approximate surface area is 194 Å². The number of aliphatic imine (C=N–C) groups is 1. The molecule has 0 bridgehead atoms. The van der Waals surface area contributed by atoms with Crippen LogP contribution >= 0.6 is 35.3 Å². The first kappa shape index (κ1) is 22.5. The molecule has 11 heteroatoms. The van der Waals surface area contributed by atoms with Crippen LogP contribution in [0.1, 0.15) is 12.1 Å². The van der Waals surface area contributed by atoms with Crippen molar-refractivity contribution in [3.05, 3.63) is 47.7 Å². The van der Waals surface area contributed by atoms with Crippen molar-refractivity contribution in [2.45, 2.75) is 25.6 Å². The highest BCUT2D eigenvalue weighted by Crippen LogP contribution is 2.31. The zero-order valence-electron chi connectivity index (χ0n) is 16.3. The number of benzene rings is 1. The number of nitrogens with zero attached hydrogens (tertiary/aromatic N) is 4. The summed E-state index contributed by atoms with van der Waals surface area (Å²) in [6, 6.07) is 7.03. The average Bonchev–Trinajstić information content (AvgIpc) is 3.41. The highest BCUT2D eigenvalue weighted by Gasteiger charge is 2.26. The van der Waals surface area contributed by atoms with Gasteiger partial charge in [-0.15, -0.1) is 35.3 Å². The summed E-state index contributed by atoms with van der Waals surface area (Å²) < 4.78 is 32.0. The molecule has 3 heterocycles. The number of aromatic nitrogens is 2. The van der Waals surface area contributed by atoms with Gasteiger partial charge in [0, 0.05) is 44.0 Å². The summed E-state index contributed by atoms with van der Waals surface area (Å²) in [5.41, 5.74) is 1.61. The first-order valence-electron chi connectivity index (χ1n) is 9.29. The number of hydrogen-bond donors (Lipinski definition) is 2. The number of hydrogen-bond acceptors (Lipinski definition) is 5. The maximum absolute atomic E-state index is 12.7. The summed E-state index contributed by atoms with van der Waals surface area (Å²) >= 11 is 1.59. The fraction of sp³-hybridized carbons (Fsp3) is 0.368. The van der Waals surface area contributed by atoms with E-state index in [1.807, 2.05) is 33.1 Å². The van der Waals surface area contributed by atoms with Crippen LogP contribution in [-0.2, 0) is 6.54 Å². The van der Waals surface area contributed by atoms with E-state index in [-0.39, 0.29) is 35.8 Å². The van der Waals surface area contributed by atoms with Gasteiger partial charge in [-0.25, -0.2) is 4.98 Å². The van der Waals surface area contributed by atoms with Gasteiger partial charge in [-0.2, -0.15) is 8.78 Å². The van der Waals surface area contributed by atoms with Crippen molar-refractivity contribution in [3.8, 4) is 5.75 Å². The van der Waals surface area contributed by atoms with Gasteiger partial charge in [0.15, 0.2) is 10.9 Å². The van der Waals surface area contributed by atoms with Crippen molar-refractivity contribution >= 4 is 51.9 Å². The van der Waals surface area contributed by atoms with Crippen LogP contribution in [0.4, 0.5) is 14.5 Å². The van der Waals surface area contributed by atoms with Crippen molar-refractivity contribution in [1.82, 2.24) is 20.0 Å². The van der Waals surface area contributed by atoms with E-state index in [1.165, 1.54) is 0 Å². The lowest BCUT2D eigenvalue weighted by atomic mass is 10.2. The third-order valence-electron chi connectivity index (χ3n) is 4.75. The summed E-state index contributed by atoms with van der Waals surface area (Å²) in [5, 5.41) is 8.68. The predicted octanol–water partition coefficient (Wildman–Crippen LogP) is 3.56. The maximum atomic E-state index is 12.7. The number of ether oxygens (including phenoxy) is 1. The topological polar surface area (TPSA) is 66.2 Å². The van der Waals surface area contributed by atoms with E-state index in [2.05, 4.69) is 25.3 Å². The van der Waals surface area contributed by atoms with Gasteiger partial charge >= 0.3 is 6.61 Å². The Morgan fingerprint density at radius 1 is 1.40 bits per heavy atom. The number of alkyl halides is 2. The fourth-order valence-corrected chi connectivity index (χ4v) is 4.15. The summed E-state index contributed by atoms with van der Waals surface area (Å²) in [7, 11) is 1.72. The van der Waals surface area contributed by atoms with E-state index in [4.69, 9.17) is 0 Å². The Hall–Kier alpha value is -2.15. The van der Waals surface area contributed by atoms with Gasteiger partial charge in [0.1, 0.15) is 5.75 Å². The molecule has 1 aliphatic rings. The van der Waals surface area contributed by atoms with Gasteiger partial charge in [0.05, 0.1) is 17.9 Å². The molecule has 0 spiro atoms. The second-order valence-electron chi connectivity index (χ2n) is 6.67. The predicted molar refractivity (Wildman–Crippen MR) is 126 cm³/mol. The molecular weight excluding hydrogens is 525 g/mol. The third-order valence-corrected chi connectivity index (χ3v) is 5.53. The minimum Gasteiger partial charge on any atom is -0.433 e. The van der Waals surface area contributed by atoms with Crippen LogP contribution in [0.25, 0.3) is 4.96 Å². The molecule has 0 saturated carbocycles. The van der Waals surface area contributed by atoms with E-state index < -0.39 is 6.61 Å². The Balaban J connectivity index is 0.00000256. The molecule has 1 saturated heterocycles. The van der Waals surface area contributed by atoms with Crippen LogP contribution in [0.2, 0.25) is 0 Å². The van der Waals surface area contributed by atoms with E-state index in [0.29, 0.717) is 24.7 Å². The lowest BCUT2D eigenvalue weighted by Crippen LogP contribution is -2.44. The summed E-state index contributed by atoms with van der Waals surface area (Å²) in [5.74, 6) is 0.885. The highest BCUT2D eigenvalue weighted by atomic mass is 127. The molecule has 2 aromatic heterocycles. The van der Waals surface area contributed by atoms with Crippen molar-refractivity contribution in [2.75, 3.05) is 25.0 Å². The second-order valence-corrected chi connectivity index (χ2v) is 7.55. The molecule has 7 nitrogen and oxygen atoms in total. The standard InChI is InChI=1S/C19H22F2N6OS.HI/c1-22-18(23-10-14-12-27-8-9-29-19(27)25-14)24-13-6-7-26(11-13)15-4-2-3-5-16(15)28-17(20)21;/h2-5,8-9,12-13,17H,6-7,10-11H2,1H3,(H2,22,23,24);1H. The maximum Gasteiger partial charge on any atom is 0.387 e. The molecule has 1 aromatic carbocycles. The number of anilines is 1. The van der Waals surface area contributed by atoms with E-state index >= 15 is 0 Å². The van der Waals surface area contributed by atoms with Gasteiger partial charge in [-0.05, 0) is 18.6 Å². The number of thiazole rings is 1. The third kappa shape index (κ3) is 5.31. The lowest BCUT2D eigenvalue weighted by molar-refractivity contribution is -0.0495. The molecule has 0 radical (unpaired) electrons. The highest BCUT2D eigenvalue weighted by molar-refractivity contribution is 14.0. The van der Waals surface area contributed by atoms with Gasteiger partial charge in [-0.1, -0.05) is 12.1 Å². The molecule has 0 amide bonds. The fourth-order valence-electron chi connectivity index (χ4n) is 3.43. The monoisotopic (exact) mass is 548 g/mol. The van der Waals surface area contributed by atoms with Crippen LogP contribution in [0.3, 0.4) is 0 Å². The van der Waals surface area contributed by atoms with E-state index in [1.54, 1.807) is 36.6 Å². The number of fused-ring (bicyclic) bond motifs is 1. The average molecular weight is 548 g/mol. The van der Waals surface area contributed by atoms with Gasteiger partial charge in [0.25, 0.3) is 0 Å². The van der Waals surface area contributed by atoms with Crippen LogP contribution < -0.4 is 20.3 Å². The molecule has 1 atom stereocenters.